The minimum atomic E-state index is 0.691. The maximum Gasteiger partial charge on any atom is 0.263 e. The highest BCUT2D eigenvalue weighted by Crippen LogP contribution is 2.13. The highest BCUT2D eigenvalue weighted by molar-refractivity contribution is 5.75. The van der Waals surface area contributed by atoms with E-state index in [4.69, 9.17) is 0 Å². The van der Waals surface area contributed by atoms with Crippen molar-refractivity contribution in [2.24, 2.45) is 0 Å². The molecule has 0 amide bonds. The van der Waals surface area contributed by atoms with Gasteiger partial charge in [0.05, 0.1) is 35.8 Å². The van der Waals surface area contributed by atoms with Gasteiger partial charge in [0, 0.05) is 0 Å². The second kappa shape index (κ2) is 5.33. The van der Waals surface area contributed by atoms with E-state index < -0.39 is 0 Å². The molecule has 4 rings (SSSR count). The number of nitrogens with zero attached hydrogens (tertiary/aromatic N) is 6. The number of imidazole rings is 1. The van der Waals surface area contributed by atoms with Gasteiger partial charge < -0.3 is 4.57 Å². The van der Waals surface area contributed by atoms with Gasteiger partial charge in [-0.25, -0.2) is 9.55 Å². The van der Waals surface area contributed by atoms with Crippen molar-refractivity contribution in [2.45, 2.75) is 6.54 Å². The predicted molar refractivity (Wildman–Crippen MR) is 80.2 cm³/mol. The number of benzene rings is 1. The molecule has 0 bridgehead atoms. The van der Waals surface area contributed by atoms with Crippen LogP contribution in [0, 0.1) is 0 Å². The Kier molecular flexibility index (Phi) is 3.05. The predicted octanol–water partition coefficient (Wildman–Crippen LogP) is 1.55. The summed E-state index contributed by atoms with van der Waals surface area (Å²) in [4.78, 5) is 16.9. The molecule has 3 heterocycles. The number of fused-ring (bicyclic) bond motifs is 1. The maximum absolute atomic E-state index is 4.51. The summed E-state index contributed by atoms with van der Waals surface area (Å²) in [6.45, 7) is 0.691. The molecule has 1 aromatic carbocycles. The second-order valence-electron chi connectivity index (χ2n) is 4.92. The first-order valence-corrected chi connectivity index (χ1v) is 6.91. The number of hydrogen-bond acceptors (Lipinski definition) is 4. The number of aromatic nitrogens is 6. The Morgan fingerprint density at radius 3 is 2.64 bits per heavy atom. The van der Waals surface area contributed by atoms with Gasteiger partial charge in [-0.3, -0.25) is 4.98 Å². The molecule has 3 aromatic heterocycles. The SMILES string of the molecule is c1ccc2c(c1)ncn2Cc1ccc(-[n+]2cncnc2)cn1. The Balaban J connectivity index is 1.61. The van der Waals surface area contributed by atoms with Gasteiger partial charge in [-0.05, 0) is 24.3 Å². The van der Waals surface area contributed by atoms with Crippen LogP contribution >= 0.6 is 0 Å². The molecule has 106 valence electrons. The standard InChI is InChI=1S/C16H13N6/c1-2-4-16-15(3-1)20-12-21(16)8-13-5-6-14(7-19-13)22-10-17-9-18-11-22/h1-7,9-12H,8H2/q+1. The monoisotopic (exact) mass is 289 g/mol. The van der Waals surface area contributed by atoms with E-state index in [1.807, 2.05) is 47.4 Å². The van der Waals surface area contributed by atoms with E-state index in [-0.39, 0.29) is 0 Å². The summed E-state index contributed by atoms with van der Waals surface area (Å²) in [5.74, 6) is 0. The lowest BCUT2D eigenvalue weighted by molar-refractivity contribution is -0.603. The third-order valence-electron chi connectivity index (χ3n) is 3.48. The van der Waals surface area contributed by atoms with Crippen LogP contribution in [0.2, 0.25) is 0 Å². The van der Waals surface area contributed by atoms with E-state index in [1.54, 1.807) is 12.7 Å². The lowest BCUT2D eigenvalue weighted by Gasteiger charge is -2.04. The summed E-state index contributed by atoms with van der Waals surface area (Å²) in [6, 6.07) is 12.1. The van der Waals surface area contributed by atoms with Crippen LogP contribution in [-0.4, -0.2) is 24.5 Å². The Morgan fingerprint density at radius 1 is 0.955 bits per heavy atom. The first-order valence-electron chi connectivity index (χ1n) is 6.91. The van der Waals surface area contributed by atoms with E-state index in [2.05, 4.69) is 30.6 Å². The summed E-state index contributed by atoms with van der Waals surface area (Å²) in [5, 5.41) is 0. The molecule has 0 aliphatic carbocycles. The van der Waals surface area contributed by atoms with Crippen LogP contribution in [0.15, 0.2) is 67.9 Å². The molecule has 0 saturated heterocycles. The maximum atomic E-state index is 4.51. The van der Waals surface area contributed by atoms with Crippen LogP contribution in [0.4, 0.5) is 0 Å². The van der Waals surface area contributed by atoms with Crippen molar-refractivity contribution in [3.05, 3.63) is 73.6 Å². The first kappa shape index (κ1) is 12.6. The number of hydrogen-bond donors (Lipinski definition) is 0. The quantitative estimate of drug-likeness (QED) is 0.537. The van der Waals surface area contributed by atoms with Crippen molar-refractivity contribution in [1.82, 2.24) is 24.5 Å². The number of para-hydroxylation sites is 2. The highest BCUT2D eigenvalue weighted by Gasteiger charge is 2.05. The fourth-order valence-electron chi connectivity index (χ4n) is 2.38. The fraction of sp³-hybridized carbons (Fsp3) is 0.0625. The van der Waals surface area contributed by atoms with Gasteiger partial charge in [-0.2, -0.15) is 0 Å². The molecule has 22 heavy (non-hydrogen) atoms. The summed E-state index contributed by atoms with van der Waals surface area (Å²) in [6.07, 6.45) is 8.57. The summed E-state index contributed by atoms with van der Waals surface area (Å²) in [5.41, 5.74) is 4.01. The zero-order chi connectivity index (χ0) is 14.8. The van der Waals surface area contributed by atoms with Crippen molar-refractivity contribution in [1.29, 1.82) is 0 Å². The Hall–Kier alpha value is -3.15. The van der Waals surface area contributed by atoms with Crippen LogP contribution in [0.1, 0.15) is 5.69 Å². The summed E-state index contributed by atoms with van der Waals surface area (Å²) < 4.78 is 3.92. The highest BCUT2D eigenvalue weighted by atomic mass is 15.1. The van der Waals surface area contributed by atoms with Gasteiger partial charge in [0.1, 0.15) is 5.69 Å². The molecule has 6 heteroatoms. The third kappa shape index (κ3) is 2.31. The van der Waals surface area contributed by atoms with Crippen LogP contribution in [0.3, 0.4) is 0 Å². The molecule has 0 N–H and O–H groups in total. The first-order chi connectivity index (χ1) is 10.9. The largest absolute Gasteiger partial charge is 0.324 e. The van der Waals surface area contributed by atoms with Gasteiger partial charge >= 0.3 is 0 Å². The molecule has 0 aliphatic heterocycles. The van der Waals surface area contributed by atoms with E-state index >= 15 is 0 Å². The Morgan fingerprint density at radius 2 is 1.82 bits per heavy atom. The zero-order valence-electron chi connectivity index (χ0n) is 11.7. The van der Waals surface area contributed by atoms with Crippen LogP contribution in [0.25, 0.3) is 16.7 Å². The number of pyridine rings is 1. The molecule has 4 aromatic rings. The van der Waals surface area contributed by atoms with E-state index in [9.17, 15) is 0 Å². The fourth-order valence-corrected chi connectivity index (χ4v) is 2.38. The normalized spacial score (nSPS) is 10.9. The minimum Gasteiger partial charge on any atom is -0.324 e. The Labute approximate surface area is 126 Å². The van der Waals surface area contributed by atoms with Gasteiger partial charge in [0.2, 0.25) is 12.7 Å². The molecule has 0 radical (unpaired) electrons. The molecule has 0 atom stereocenters. The molecule has 0 spiro atoms. The molecule has 0 unspecified atom stereocenters. The average Bonchev–Trinajstić information content (AvgIpc) is 3.00. The van der Waals surface area contributed by atoms with Crippen molar-refractivity contribution >= 4 is 11.0 Å². The van der Waals surface area contributed by atoms with Crippen molar-refractivity contribution in [2.75, 3.05) is 0 Å². The van der Waals surface area contributed by atoms with E-state index in [1.165, 1.54) is 6.33 Å². The average molecular weight is 289 g/mol. The molecular formula is C16H13N6+. The van der Waals surface area contributed by atoms with Crippen molar-refractivity contribution in [3.8, 4) is 5.69 Å². The van der Waals surface area contributed by atoms with Crippen LogP contribution < -0.4 is 4.57 Å². The van der Waals surface area contributed by atoms with E-state index in [0.717, 1.165) is 22.4 Å². The lowest BCUT2D eigenvalue weighted by atomic mass is 10.3. The van der Waals surface area contributed by atoms with Gasteiger partial charge in [0.25, 0.3) is 6.33 Å². The van der Waals surface area contributed by atoms with Crippen LogP contribution in [-0.2, 0) is 6.54 Å². The molecule has 0 fully saturated rings. The molecule has 6 nitrogen and oxygen atoms in total. The topological polar surface area (TPSA) is 60.4 Å². The number of rotatable bonds is 3. The summed E-state index contributed by atoms with van der Waals surface area (Å²) >= 11 is 0. The lowest BCUT2D eigenvalue weighted by Crippen LogP contribution is -2.31. The summed E-state index contributed by atoms with van der Waals surface area (Å²) in [7, 11) is 0. The zero-order valence-corrected chi connectivity index (χ0v) is 11.7. The van der Waals surface area contributed by atoms with Crippen molar-refractivity contribution < 1.29 is 4.57 Å². The molecule has 0 saturated carbocycles. The molecule has 0 aliphatic rings. The van der Waals surface area contributed by atoms with Gasteiger partial charge in [-0.15, -0.1) is 0 Å². The Bertz CT molecular complexity index is 899. The van der Waals surface area contributed by atoms with E-state index in [0.29, 0.717) is 6.54 Å². The third-order valence-corrected chi connectivity index (χ3v) is 3.48. The molecular weight excluding hydrogens is 276 g/mol. The van der Waals surface area contributed by atoms with Crippen molar-refractivity contribution in [3.63, 3.8) is 0 Å². The van der Waals surface area contributed by atoms with Crippen LogP contribution in [0.5, 0.6) is 0 Å². The minimum absolute atomic E-state index is 0.691. The second-order valence-corrected chi connectivity index (χ2v) is 4.92. The smallest absolute Gasteiger partial charge is 0.263 e. The van der Waals surface area contributed by atoms with Gasteiger partial charge in [0.15, 0.2) is 0 Å². The van der Waals surface area contributed by atoms with Gasteiger partial charge in [-0.1, -0.05) is 22.1 Å².